The molecule has 12 aromatic rings. The van der Waals surface area contributed by atoms with Gasteiger partial charge in [0.2, 0.25) is 29.4 Å². The highest BCUT2D eigenvalue weighted by Crippen LogP contribution is 2.29. The second-order valence-corrected chi connectivity index (χ2v) is 18.6. The molecule has 0 fully saturated rings. The lowest BCUT2D eigenvalue weighted by molar-refractivity contribution is 0.270. The van der Waals surface area contributed by atoms with Gasteiger partial charge in [-0.05, 0) is 61.6 Å². The van der Waals surface area contributed by atoms with Gasteiger partial charge in [-0.15, -0.1) is 26.8 Å². The van der Waals surface area contributed by atoms with E-state index in [9.17, 15) is 19.2 Å². The SMILES string of the molecule is [3H]n1ccc(OCc2c(-n3nnn(C)c3=O)cn(C)c2C#C)n1.[3H]n1ccc(OCc2c(-n3nnn(C)c3=O)cn(C)c2C)n1.[3H]n1ccc(OCc2c(-n3nnn(C)c3=O)cn(C)c2C=C)n1.[3H]n1ccc(OCc2c(-n3nnn(C)c3=O)cn(C)c2OCC)n1. The maximum atomic E-state index is 12.1. The summed E-state index contributed by atoms with van der Waals surface area (Å²) in [6, 6.07) is 6.31. The van der Waals surface area contributed by atoms with Crippen LogP contribution in [0.3, 0.4) is 0 Å². The summed E-state index contributed by atoms with van der Waals surface area (Å²) >= 11 is 0. The van der Waals surface area contributed by atoms with E-state index in [1.54, 1.807) is 85.4 Å². The number of aromatic amines is 4. The Bertz CT molecular complexity index is 4850. The Morgan fingerprint density at radius 3 is 1.19 bits per heavy atom. The molecular formula is C51H60N28O9. The van der Waals surface area contributed by atoms with E-state index in [0.29, 0.717) is 69.7 Å². The number of H-pyrrole nitrogens is 4. The molecule has 4 N–H and O–H groups in total. The first kappa shape index (κ1) is 55.0. The molecule has 458 valence electrons. The number of nitrogens with one attached hydrogen (secondary N) is 4. The molecule has 0 aliphatic heterocycles. The second-order valence-electron chi connectivity index (χ2n) is 18.6. The minimum atomic E-state index is -0.393. The molecule has 0 bridgehead atoms. The lowest BCUT2D eigenvalue weighted by Gasteiger charge is -2.09. The number of hydrogen-bond donors (Lipinski definition) is 4. The largest absolute Gasteiger partial charge is 0.479 e. The number of aryl methyl sites for hydroxylation is 8. The fraction of sp³-hybridized carbons (Fsp3) is 0.294. The average Bonchev–Trinajstić information content (AvgIpc) is 1.67. The van der Waals surface area contributed by atoms with Crippen molar-refractivity contribution < 1.29 is 29.3 Å². The molecule has 12 aromatic heterocycles. The third kappa shape index (κ3) is 12.8. The van der Waals surface area contributed by atoms with Gasteiger partial charge in [-0.3, -0.25) is 20.4 Å². The van der Waals surface area contributed by atoms with Crippen LogP contribution in [0.5, 0.6) is 29.4 Å². The van der Waals surface area contributed by atoms with E-state index < -0.39 is 5.69 Å². The van der Waals surface area contributed by atoms with Gasteiger partial charge in [0.05, 0.1) is 29.2 Å². The van der Waals surface area contributed by atoms with Crippen molar-refractivity contribution >= 4 is 6.08 Å². The second kappa shape index (κ2) is 26.5. The lowest BCUT2D eigenvalue weighted by atomic mass is 10.2. The number of ether oxygens (including phenoxy) is 5. The fourth-order valence-corrected chi connectivity index (χ4v) is 8.48. The van der Waals surface area contributed by atoms with Crippen LogP contribution in [0.1, 0.15) is 46.3 Å². The zero-order valence-electron chi connectivity index (χ0n) is 53.0. The van der Waals surface area contributed by atoms with E-state index >= 15 is 0 Å². The van der Waals surface area contributed by atoms with E-state index in [1.807, 2.05) is 37.1 Å². The molecule has 37 nitrogen and oxygen atoms in total. The van der Waals surface area contributed by atoms with E-state index in [2.05, 4.69) is 74.6 Å². The molecule has 0 radical (unpaired) electrons. The smallest absolute Gasteiger partial charge is 0.368 e. The standard InChI is InChI=1S/C13H17N7O3.C13H15N7O2.C13H13N7O2.C12H15N7O2/c1-4-22-12-9(8-23-11-5-6-14-15-11)10(7-18(12)2)20-13(21)19(3)16-17-20;2*1-4-10-9(8-22-12-5-6-14-15-12)11(7-18(10)2)20-13(21)19(3)16-17-20;1-8-9(7-21-11-4-5-13-14-11)10(6-17(8)2)19-12(20)18(3)15-16-19/h5-7H,4,8H2,1-3H3,(H,14,15);4-7H,1,8H2,2-3H3,(H,14,15);1,5-7H,8H2,2-3H3,(H,14,15);4-6H,7H2,1-3H3,(H,13,14)/i/hT4. The summed E-state index contributed by atoms with van der Waals surface area (Å²) in [5, 5.41) is 49.2. The first-order valence-corrected chi connectivity index (χ1v) is 26.1. The summed E-state index contributed by atoms with van der Waals surface area (Å²) in [5.74, 6) is 4.38. The molecular weight excluding hydrogens is 1150 g/mol. The molecule has 12 rings (SSSR count). The Morgan fingerprint density at radius 2 is 0.830 bits per heavy atom. The summed E-state index contributed by atoms with van der Waals surface area (Å²) in [6.07, 6.45) is 20.0. The van der Waals surface area contributed by atoms with Gasteiger partial charge >= 0.3 is 22.8 Å². The van der Waals surface area contributed by atoms with Crippen LogP contribution in [-0.4, -0.2) is 145 Å². The third-order valence-corrected chi connectivity index (χ3v) is 13.0. The first-order chi connectivity index (χ1) is 44.0. The third-order valence-electron chi connectivity index (χ3n) is 13.0. The molecule has 88 heavy (non-hydrogen) atoms. The van der Waals surface area contributed by atoms with Crippen LogP contribution in [0.4, 0.5) is 0 Å². The molecule has 12 heterocycles. The van der Waals surface area contributed by atoms with Crippen LogP contribution in [0, 0.1) is 19.3 Å². The van der Waals surface area contributed by atoms with Crippen molar-refractivity contribution in [3.8, 4) is 64.5 Å². The normalized spacial score (nSPS) is 11.5. The number of aromatic nitrogens is 28. The highest BCUT2D eigenvalue weighted by Gasteiger charge is 2.24. The Labute approximate surface area is 501 Å². The molecule has 0 aliphatic rings. The minimum Gasteiger partial charge on any atom is -0.479 e. The predicted octanol–water partition coefficient (Wildman–Crippen LogP) is -0.242. The van der Waals surface area contributed by atoms with E-state index in [4.69, 9.17) is 35.8 Å². The number of hydrogen-bond acceptors (Lipinski definition) is 21. The number of terminal acetylenes is 1. The molecule has 0 atom stereocenters. The molecule has 0 aliphatic carbocycles. The minimum absolute atomic E-state index is 0.0791. The molecule has 0 spiro atoms. The topological polar surface area (TPSA) is 391 Å². The van der Waals surface area contributed by atoms with E-state index in [-0.39, 0.29) is 49.4 Å². The van der Waals surface area contributed by atoms with Crippen LogP contribution in [0.25, 0.3) is 28.8 Å². The van der Waals surface area contributed by atoms with Crippen molar-refractivity contribution in [2.24, 2.45) is 56.4 Å². The monoisotopic (exact) mass is 1220 g/mol. The van der Waals surface area contributed by atoms with Crippen LogP contribution in [0.15, 0.2) is 99.6 Å². The van der Waals surface area contributed by atoms with Crippen molar-refractivity contribution in [2.45, 2.75) is 40.3 Å². The van der Waals surface area contributed by atoms with Crippen molar-refractivity contribution in [1.82, 2.24) is 138 Å². The predicted molar refractivity (Wildman–Crippen MR) is 308 cm³/mol. The molecule has 0 saturated carbocycles. The van der Waals surface area contributed by atoms with Gasteiger partial charge in [0.15, 0.2) is 5.65 Å². The number of tetrazole rings is 4. The molecule has 0 amide bonds. The van der Waals surface area contributed by atoms with Gasteiger partial charge < -0.3 is 42.0 Å². The first-order valence-electron chi connectivity index (χ1n) is 27.9. The van der Waals surface area contributed by atoms with Crippen molar-refractivity contribution in [1.29, 1.82) is 0 Å². The molecule has 0 unspecified atom stereocenters. The van der Waals surface area contributed by atoms with Gasteiger partial charge in [-0.1, -0.05) is 12.5 Å². The number of rotatable bonds is 19. The summed E-state index contributed by atoms with van der Waals surface area (Å²) in [7, 11) is 13.4. The van der Waals surface area contributed by atoms with E-state index in [1.165, 1.54) is 60.0 Å². The van der Waals surface area contributed by atoms with Crippen LogP contribution < -0.4 is 46.4 Å². The summed E-state index contributed by atoms with van der Waals surface area (Å²) in [4.78, 5) is 48.3. The summed E-state index contributed by atoms with van der Waals surface area (Å²) in [5.41, 5.74) is 5.81. The van der Waals surface area contributed by atoms with Crippen molar-refractivity contribution in [3.63, 3.8) is 0 Å². The molecule has 0 aromatic carbocycles. The molecule has 37 heteroatoms. The summed E-state index contributed by atoms with van der Waals surface area (Å²) < 4.78 is 73.8. The highest BCUT2D eigenvalue weighted by atomic mass is 16.5. The van der Waals surface area contributed by atoms with Gasteiger partial charge in [-0.2, -0.15) is 37.5 Å². The Kier molecular flexibility index (Phi) is 16.6. The Morgan fingerprint density at radius 1 is 0.489 bits per heavy atom. The van der Waals surface area contributed by atoms with Crippen LogP contribution >= 0.6 is 0 Å². The van der Waals surface area contributed by atoms with Gasteiger partial charge in [-0.25, -0.2) is 19.2 Å². The van der Waals surface area contributed by atoms with Crippen LogP contribution in [0.2, 0.25) is 5.65 Å². The Balaban J connectivity index is 0.000000145. The molecule has 0 saturated heterocycles. The summed E-state index contributed by atoms with van der Waals surface area (Å²) in [6.45, 7) is 8.59. The van der Waals surface area contributed by atoms with Crippen molar-refractivity contribution in [3.05, 3.63) is 162 Å². The van der Waals surface area contributed by atoms with Gasteiger partial charge in [0.25, 0.3) is 0 Å². The highest BCUT2D eigenvalue weighted by molar-refractivity contribution is 5.57. The fourth-order valence-electron chi connectivity index (χ4n) is 8.48. The maximum absolute atomic E-state index is 12.1. The zero-order chi connectivity index (χ0) is 66.2. The van der Waals surface area contributed by atoms with Crippen LogP contribution in [-0.2, 0) is 82.8 Å². The van der Waals surface area contributed by atoms with Crippen molar-refractivity contribution in [2.75, 3.05) is 6.61 Å². The maximum Gasteiger partial charge on any atom is 0.368 e. The average molecular weight is 1220 g/mol. The Hall–Kier alpha value is -12.3. The quantitative estimate of drug-likeness (QED) is 0.0759. The number of nitrogens with zero attached hydrogens (tertiary/aromatic N) is 24. The van der Waals surface area contributed by atoms with Gasteiger partial charge in [0, 0.05) is 158 Å². The van der Waals surface area contributed by atoms with E-state index in [0.717, 1.165) is 66.3 Å². The van der Waals surface area contributed by atoms with Gasteiger partial charge in [0.1, 0.15) is 37.8 Å². The zero-order valence-corrected chi connectivity index (χ0v) is 49.0. The lowest BCUT2D eigenvalue weighted by Crippen LogP contribution is -2.22.